The summed E-state index contributed by atoms with van der Waals surface area (Å²) in [7, 11) is 0. The van der Waals surface area contributed by atoms with Gasteiger partial charge >= 0.3 is 17.3 Å². The first kappa shape index (κ1) is 27.9. The van der Waals surface area contributed by atoms with Crippen molar-refractivity contribution in [3.8, 4) is 0 Å². The molecule has 2 amide bonds. The number of nitrogens with zero attached hydrogens (tertiary/aromatic N) is 4. The van der Waals surface area contributed by atoms with Crippen molar-refractivity contribution >= 4 is 29.1 Å². The number of imidazole rings is 1. The number of hydrogen-bond donors (Lipinski definition) is 3. The van der Waals surface area contributed by atoms with E-state index < -0.39 is 28.9 Å². The number of nitrogens with one attached hydrogen (secondary N) is 3. The highest BCUT2D eigenvalue weighted by Crippen LogP contribution is 2.24. The molecule has 0 saturated carbocycles. The third-order valence-corrected chi connectivity index (χ3v) is 6.39. The maximum Gasteiger partial charge on any atom is 0.407 e. The van der Waals surface area contributed by atoms with E-state index >= 15 is 0 Å². The Morgan fingerprint density at radius 3 is 2.56 bits per heavy atom. The Labute approximate surface area is 226 Å². The average molecular weight is 540 g/mol. The number of ether oxygens (including phenoxy) is 1. The van der Waals surface area contributed by atoms with Gasteiger partial charge in [-0.15, -0.1) is 0 Å². The van der Waals surface area contributed by atoms with Crippen LogP contribution in [0.25, 0.3) is 11.2 Å². The maximum atomic E-state index is 13.6. The summed E-state index contributed by atoms with van der Waals surface area (Å²) in [6.07, 6.45) is 1.85. The van der Waals surface area contributed by atoms with Gasteiger partial charge in [-0.05, 0) is 58.1 Å². The number of hydrogen-bond acceptors (Lipinski definition) is 7. The molecule has 1 atom stereocenters. The van der Waals surface area contributed by atoms with E-state index in [4.69, 9.17) is 4.74 Å². The first-order valence-electron chi connectivity index (χ1n) is 13.3. The van der Waals surface area contributed by atoms with Crippen LogP contribution in [0.5, 0.6) is 0 Å². The molecular weight excluding hydrogens is 502 g/mol. The molecule has 1 aromatic carbocycles. The number of aryl methyl sites for hydroxylation is 1. The number of fused-ring (bicyclic) bond motifs is 1. The molecule has 3 heterocycles. The molecule has 0 bridgehead atoms. The van der Waals surface area contributed by atoms with Crippen LogP contribution >= 0.6 is 0 Å². The van der Waals surface area contributed by atoms with Gasteiger partial charge in [-0.2, -0.15) is 9.66 Å². The molecule has 3 N–H and O–H groups in total. The number of alkyl carbamates (subject to hydrolysis) is 1. The Balaban J connectivity index is 1.69. The molecule has 12 heteroatoms. The smallest absolute Gasteiger partial charge is 0.407 e. The summed E-state index contributed by atoms with van der Waals surface area (Å²) < 4.78 is 7.91. The molecular formula is C27H37N7O5. The molecule has 4 rings (SSSR count). The van der Waals surface area contributed by atoms with E-state index in [2.05, 4.69) is 34.6 Å². The lowest BCUT2D eigenvalue weighted by atomic mass is 10.1. The molecule has 1 fully saturated rings. The minimum atomic E-state index is -0.792. The van der Waals surface area contributed by atoms with Crippen molar-refractivity contribution in [3.63, 3.8) is 0 Å². The number of amides is 2. The van der Waals surface area contributed by atoms with Gasteiger partial charge in [0.1, 0.15) is 5.60 Å². The summed E-state index contributed by atoms with van der Waals surface area (Å²) in [6.45, 7) is 11.2. The highest BCUT2D eigenvalue weighted by Gasteiger charge is 2.29. The fraction of sp³-hybridized carbons (Fsp3) is 0.519. The van der Waals surface area contributed by atoms with Crippen LogP contribution in [0.2, 0.25) is 0 Å². The zero-order valence-electron chi connectivity index (χ0n) is 23.1. The number of rotatable bonds is 7. The third-order valence-electron chi connectivity index (χ3n) is 6.39. The molecule has 1 unspecified atom stereocenters. The highest BCUT2D eigenvalue weighted by atomic mass is 16.6. The van der Waals surface area contributed by atoms with Gasteiger partial charge in [-0.25, -0.2) is 9.59 Å². The largest absolute Gasteiger partial charge is 0.444 e. The second-order valence-electron chi connectivity index (χ2n) is 11.3. The molecule has 0 aliphatic carbocycles. The summed E-state index contributed by atoms with van der Waals surface area (Å²) >= 11 is 0. The first-order valence-corrected chi connectivity index (χ1v) is 13.3. The molecule has 1 aliphatic heterocycles. The van der Waals surface area contributed by atoms with Crippen LogP contribution in [0.3, 0.4) is 0 Å². The number of piperidine rings is 1. The normalized spacial score (nSPS) is 15.9. The molecule has 0 radical (unpaired) electrons. The quantitative estimate of drug-likeness (QED) is 0.419. The van der Waals surface area contributed by atoms with Crippen molar-refractivity contribution in [2.24, 2.45) is 5.92 Å². The second kappa shape index (κ2) is 11.3. The number of aromatic nitrogens is 4. The lowest BCUT2D eigenvalue weighted by Gasteiger charge is -2.34. The monoisotopic (exact) mass is 539 g/mol. The minimum Gasteiger partial charge on any atom is -0.444 e. The minimum absolute atomic E-state index is 0.149. The van der Waals surface area contributed by atoms with Crippen molar-refractivity contribution in [1.29, 1.82) is 0 Å². The van der Waals surface area contributed by atoms with Crippen molar-refractivity contribution in [2.45, 2.75) is 72.1 Å². The Bertz CT molecular complexity index is 1450. The fourth-order valence-electron chi connectivity index (χ4n) is 4.55. The summed E-state index contributed by atoms with van der Waals surface area (Å²) in [6, 6.07) is 8.17. The summed E-state index contributed by atoms with van der Waals surface area (Å²) in [5.41, 5.74) is 1.02. The van der Waals surface area contributed by atoms with E-state index in [1.165, 1.54) is 0 Å². The molecule has 12 nitrogen and oxygen atoms in total. The van der Waals surface area contributed by atoms with Gasteiger partial charge in [0.2, 0.25) is 5.95 Å². The van der Waals surface area contributed by atoms with Crippen LogP contribution < -0.4 is 26.9 Å². The Hall–Kier alpha value is -4.09. The number of H-pyrrole nitrogens is 1. The van der Waals surface area contributed by atoms with Crippen molar-refractivity contribution < 1.29 is 14.3 Å². The van der Waals surface area contributed by atoms with Crippen LogP contribution in [0, 0.1) is 5.92 Å². The van der Waals surface area contributed by atoms with Crippen molar-refractivity contribution in [1.82, 2.24) is 24.5 Å². The van der Waals surface area contributed by atoms with Gasteiger partial charge in [0.25, 0.3) is 5.91 Å². The topological polar surface area (TPSA) is 143 Å². The molecule has 210 valence electrons. The second-order valence-corrected chi connectivity index (χ2v) is 11.3. The molecule has 39 heavy (non-hydrogen) atoms. The van der Waals surface area contributed by atoms with Crippen LogP contribution in [0.1, 0.15) is 64.2 Å². The lowest BCUT2D eigenvalue weighted by molar-refractivity contribution is 0.0499. The first-order chi connectivity index (χ1) is 18.4. The van der Waals surface area contributed by atoms with Gasteiger partial charge in [-0.1, -0.05) is 32.0 Å². The Kier molecular flexibility index (Phi) is 8.12. The zero-order valence-corrected chi connectivity index (χ0v) is 23.1. The highest BCUT2D eigenvalue weighted by molar-refractivity contribution is 5.99. The SMILES string of the molecule is CC(C)CCn1c(N2CCCC(NC(=O)OC(C)(C)C)C2)nc2[nH]c(=O)n(NC(=O)c3ccccc3)c(=O)c21. The van der Waals surface area contributed by atoms with Crippen LogP contribution in [-0.4, -0.2) is 55.9 Å². The van der Waals surface area contributed by atoms with Crippen molar-refractivity contribution in [3.05, 3.63) is 56.7 Å². The standard InChI is InChI=1S/C27H37N7O5/c1-17(2)13-15-33-20-21(30-25(37)34(23(20)36)31-22(35)18-10-7-6-8-11-18)29-24(33)32-14-9-12-19(16-32)28-26(38)39-27(3,4)5/h6-8,10-11,17,19H,9,12-16H2,1-5H3,(H,28,38)(H,30,37)(H,31,35). The van der Waals surface area contributed by atoms with Gasteiger partial charge in [0.05, 0.1) is 0 Å². The van der Waals surface area contributed by atoms with E-state index in [1.54, 1.807) is 34.9 Å². The third kappa shape index (κ3) is 6.68. The average Bonchev–Trinajstić information content (AvgIpc) is 3.23. The summed E-state index contributed by atoms with van der Waals surface area (Å²) in [5.74, 6) is 0.297. The van der Waals surface area contributed by atoms with Gasteiger partial charge in [-0.3, -0.25) is 20.0 Å². The maximum absolute atomic E-state index is 13.6. The molecule has 3 aromatic rings. The van der Waals surface area contributed by atoms with Gasteiger partial charge in [0, 0.05) is 31.2 Å². The predicted octanol–water partition coefficient (Wildman–Crippen LogP) is 2.81. The van der Waals surface area contributed by atoms with E-state index in [9.17, 15) is 19.2 Å². The number of anilines is 1. The summed E-state index contributed by atoms with van der Waals surface area (Å²) in [5, 5.41) is 2.93. The molecule has 2 aromatic heterocycles. The molecule has 1 saturated heterocycles. The molecule has 1 aliphatic rings. The number of carbonyl (C=O) groups excluding carboxylic acids is 2. The summed E-state index contributed by atoms with van der Waals surface area (Å²) in [4.78, 5) is 60.8. The van der Waals surface area contributed by atoms with Crippen LogP contribution in [-0.2, 0) is 11.3 Å². The lowest BCUT2D eigenvalue weighted by Crippen LogP contribution is -2.49. The van der Waals surface area contributed by atoms with Crippen molar-refractivity contribution in [2.75, 3.05) is 23.4 Å². The fourth-order valence-corrected chi connectivity index (χ4v) is 4.55. The molecule has 0 spiro atoms. The number of carbonyl (C=O) groups is 2. The van der Waals surface area contributed by atoms with Gasteiger partial charge < -0.3 is 19.5 Å². The van der Waals surface area contributed by atoms with E-state index in [0.717, 1.165) is 19.3 Å². The van der Waals surface area contributed by atoms with E-state index in [-0.39, 0.29) is 17.2 Å². The Morgan fingerprint density at radius 1 is 1.18 bits per heavy atom. The zero-order chi connectivity index (χ0) is 28.3. The predicted molar refractivity (Wildman–Crippen MR) is 149 cm³/mol. The Morgan fingerprint density at radius 2 is 1.90 bits per heavy atom. The van der Waals surface area contributed by atoms with Crippen LogP contribution in [0.15, 0.2) is 39.9 Å². The van der Waals surface area contributed by atoms with Crippen LogP contribution in [0.4, 0.5) is 10.7 Å². The number of benzene rings is 1. The van der Waals surface area contributed by atoms with E-state index in [1.807, 2.05) is 25.7 Å². The van der Waals surface area contributed by atoms with Gasteiger partial charge in [0.15, 0.2) is 11.2 Å². The number of aromatic amines is 1. The van der Waals surface area contributed by atoms with E-state index in [0.29, 0.717) is 41.7 Å².